The first-order chi connectivity index (χ1) is 11.8. The smallest absolute Gasteiger partial charge is 0.225 e. The second kappa shape index (κ2) is 7.05. The lowest BCUT2D eigenvalue weighted by atomic mass is 9.87. The highest BCUT2D eigenvalue weighted by molar-refractivity contribution is 7.14. The van der Waals surface area contributed by atoms with Crippen LogP contribution in [0.1, 0.15) is 55.9 Å². The van der Waals surface area contributed by atoms with Crippen molar-refractivity contribution in [2.24, 2.45) is 5.92 Å². The Morgan fingerprint density at radius 2 is 1.92 bits per heavy atom. The van der Waals surface area contributed by atoms with E-state index >= 15 is 0 Å². The number of amides is 1. The molecule has 4 rings (SSSR count). The van der Waals surface area contributed by atoms with E-state index in [-0.39, 0.29) is 5.92 Å². The SMILES string of the molecule is O=C(C1CCCCC1)N1CCC(c2nnc(-c3ccco3)s2)CC1. The molecule has 24 heavy (non-hydrogen) atoms. The van der Waals surface area contributed by atoms with Crippen LogP contribution in [0.2, 0.25) is 0 Å². The summed E-state index contributed by atoms with van der Waals surface area (Å²) in [5.74, 6) is 1.87. The van der Waals surface area contributed by atoms with E-state index in [4.69, 9.17) is 4.42 Å². The number of piperidine rings is 1. The van der Waals surface area contributed by atoms with Crippen LogP contribution in [0.5, 0.6) is 0 Å². The third kappa shape index (κ3) is 3.24. The molecule has 2 fully saturated rings. The van der Waals surface area contributed by atoms with Crippen LogP contribution in [-0.2, 0) is 4.79 Å². The summed E-state index contributed by atoms with van der Waals surface area (Å²) in [4.78, 5) is 14.7. The molecule has 1 amide bonds. The second-order valence-corrected chi connectivity index (χ2v) is 7.87. The Hall–Kier alpha value is -1.69. The first-order valence-corrected chi connectivity index (χ1v) is 9.79. The summed E-state index contributed by atoms with van der Waals surface area (Å²) in [6.45, 7) is 1.71. The highest BCUT2D eigenvalue weighted by Crippen LogP contribution is 2.34. The fraction of sp³-hybridized carbons (Fsp3) is 0.611. The number of nitrogens with zero attached hydrogens (tertiary/aromatic N) is 3. The fourth-order valence-corrected chi connectivity index (χ4v) is 4.83. The molecular weight excluding hydrogens is 322 g/mol. The van der Waals surface area contributed by atoms with E-state index in [0.29, 0.717) is 11.8 Å². The Kier molecular flexibility index (Phi) is 4.65. The zero-order chi connectivity index (χ0) is 16.4. The molecule has 0 unspecified atom stereocenters. The Morgan fingerprint density at radius 1 is 1.12 bits per heavy atom. The molecule has 1 saturated carbocycles. The maximum atomic E-state index is 12.6. The van der Waals surface area contributed by atoms with E-state index in [0.717, 1.165) is 54.5 Å². The van der Waals surface area contributed by atoms with Crippen LogP contribution >= 0.6 is 11.3 Å². The van der Waals surface area contributed by atoms with Crippen LogP contribution in [0.4, 0.5) is 0 Å². The minimum atomic E-state index is 0.280. The van der Waals surface area contributed by atoms with Gasteiger partial charge in [0.15, 0.2) is 10.8 Å². The highest BCUT2D eigenvalue weighted by atomic mass is 32.1. The lowest BCUT2D eigenvalue weighted by molar-refractivity contribution is -0.137. The lowest BCUT2D eigenvalue weighted by Gasteiger charge is -2.34. The van der Waals surface area contributed by atoms with Gasteiger partial charge in [-0.2, -0.15) is 0 Å². The molecule has 0 N–H and O–H groups in total. The molecule has 6 heteroatoms. The number of carbonyl (C=O) groups is 1. The van der Waals surface area contributed by atoms with Crippen molar-refractivity contribution >= 4 is 17.2 Å². The van der Waals surface area contributed by atoms with Gasteiger partial charge in [-0.05, 0) is 37.8 Å². The molecule has 0 radical (unpaired) electrons. The second-order valence-electron chi connectivity index (χ2n) is 6.86. The summed E-state index contributed by atoms with van der Waals surface area (Å²) in [6, 6.07) is 3.78. The van der Waals surface area contributed by atoms with Crippen LogP contribution < -0.4 is 0 Å². The first-order valence-electron chi connectivity index (χ1n) is 8.97. The molecule has 2 aromatic heterocycles. The summed E-state index contributed by atoms with van der Waals surface area (Å²) in [7, 11) is 0. The van der Waals surface area contributed by atoms with Crippen LogP contribution in [0, 0.1) is 5.92 Å². The number of likely N-dealkylation sites (tertiary alicyclic amines) is 1. The summed E-state index contributed by atoms with van der Waals surface area (Å²) < 4.78 is 5.39. The largest absolute Gasteiger partial charge is 0.462 e. The maximum absolute atomic E-state index is 12.6. The molecule has 0 bridgehead atoms. The van der Waals surface area contributed by atoms with Crippen LogP contribution in [0.15, 0.2) is 22.8 Å². The van der Waals surface area contributed by atoms with Crippen molar-refractivity contribution in [1.29, 1.82) is 0 Å². The van der Waals surface area contributed by atoms with Gasteiger partial charge in [0.2, 0.25) is 5.91 Å². The van der Waals surface area contributed by atoms with Gasteiger partial charge < -0.3 is 9.32 Å². The van der Waals surface area contributed by atoms with Gasteiger partial charge in [-0.15, -0.1) is 10.2 Å². The molecule has 0 spiro atoms. The van der Waals surface area contributed by atoms with Gasteiger partial charge in [-0.1, -0.05) is 30.6 Å². The highest BCUT2D eigenvalue weighted by Gasteiger charge is 2.30. The quantitative estimate of drug-likeness (QED) is 0.841. The molecule has 128 valence electrons. The van der Waals surface area contributed by atoms with Crippen molar-refractivity contribution < 1.29 is 9.21 Å². The van der Waals surface area contributed by atoms with Crippen molar-refractivity contribution in [3.05, 3.63) is 23.4 Å². The van der Waals surface area contributed by atoms with Crippen molar-refractivity contribution in [2.75, 3.05) is 13.1 Å². The molecule has 1 saturated heterocycles. The fourth-order valence-electron chi connectivity index (χ4n) is 3.85. The minimum absolute atomic E-state index is 0.280. The Bertz CT molecular complexity index is 668. The zero-order valence-corrected chi connectivity index (χ0v) is 14.6. The molecule has 0 atom stereocenters. The van der Waals surface area contributed by atoms with Gasteiger partial charge in [-0.25, -0.2) is 0 Å². The average molecular weight is 345 g/mol. The van der Waals surface area contributed by atoms with Gasteiger partial charge in [0.1, 0.15) is 5.01 Å². The Morgan fingerprint density at radius 3 is 2.62 bits per heavy atom. The third-order valence-corrected chi connectivity index (χ3v) is 6.38. The minimum Gasteiger partial charge on any atom is -0.462 e. The molecule has 5 nitrogen and oxygen atoms in total. The normalized spacial score (nSPS) is 20.4. The maximum Gasteiger partial charge on any atom is 0.225 e. The van der Waals surface area contributed by atoms with E-state index in [1.807, 2.05) is 12.1 Å². The molecule has 3 heterocycles. The molecule has 0 aromatic carbocycles. The van der Waals surface area contributed by atoms with E-state index in [9.17, 15) is 4.79 Å². The predicted octanol–water partition coefficient (Wildman–Crippen LogP) is 4.08. The van der Waals surface area contributed by atoms with Crippen LogP contribution in [0.3, 0.4) is 0 Å². The number of rotatable bonds is 3. The van der Waals surface area contributed by atoms with Crippen LogP contribution in [-0.4, -0.2) is 34.1 Å². The van der Waals surface area contributed by atoms with E-state index < -0.39 is 0 Å². The van der Waals surface area contributed by atoms with Gasteiger partial charge in [-0.3, -0.25) is 4.79 Å². The standard InChI is InChI=1S/C18H23N3O2S/c22-18(14-5-2-1-3-6-14)21-10-8-13(9-11-21)16-19-20-17(24-16)15-7-4-12-23-15/h4,7,12-14H,1-3,5-6,8-11H2. The summed E-state index contributed by atoms with van der Waals surface area (Å²) in [5, 5.41) is 10.5. The zero-order valence-electron chi connectivity index (χ0n) is 13.8. The van der Waals surface area contributed by atoms with E-state index in [1.54, 1.807) is 17.6 Å². The topological polar surface area (TPSA) is 59.2 Å². The number of aromatic nitrogens is 2. The monoisotopic (exact) mass is 345 g/mol. The molecule has 2 aliphatic rings. The van der Waals surface area contributed by atoms with Crippen molar-refractivity contribution in [3.63, 3.8) is 0 Å². The summed E-state index contributed by atoms with van der Waals surface area (Å²) in [6.07, 6.45) is 9.53. The van der Waals surface area contributed by atoms with E-state index in [2.05, 4.69) is 15.1 Å². The van der Waals surface area contributed by atoms with Crippen molar-refractivity contribution in [2.45, 2.75) is 50.9 Å². The number of furan rings is 1. The Balaban J connectivity index is 1.35. The Labute approximate surface area is 146 Å². The average Bonchev–Trinajstić information content (AvgIpc) is 3.33. The molecule has 2 aromatic rings. The van der Waals surface area contributed by atoms with Crippen molar-refractivity contribution in [3.8, 4) is 10.8 Å². The summed E-state index contributed by atoms with van der Waals surface area (Å²) in [5.41, 5.74) is 0. The van der Waals surface area contributed by atoms with Gasteiger partial charge in [0.05, 0.1) is 6.26 Å². The predicted molar refractivity (Wildman–Crippen MR) is 92.7 cm³/mol. The van der Waals surface area contributed by atoms with Gasteiger partial charge in [0.25, 0.3) is 0 Å². The molecular formula is C18H23N3O2S. The lowest BCUT2D eigenvalue weighted by Crippen LogP contribution is -2.41. The number of carbonyl (C=O) groups excluding carboxylic acids is 1. The molecule has 1 aliphatic heterocycles. The third-order valence-electron chi connectivity index (χ3n) is 5.28. The number of hydrogen-bond donors (Lipinski definition) is 0. The van der Waals surface area contributed by atoms with Crippen LogP contribution in [0.25, 0.3) is 10.8 Å². The van der Waals surface area contributed by atoms with Crippen molar-refractivity contribution in [1.82, 2.24) is 15.1 Å². The van der Waals surface area contributed by atoms with E-state index in [1.165, 1.54) is 19.3 Å². The molecule has 1 aliphatic carbocycles. The summed E-state index contributed by atoms with van der Waals surface area (Å²) >= 11 is 1.62. The van der Waals surface area contributed by atoms with Gasteiger partial charge in [0, 0.05) is 24.9 Å². The van der Waals surface area contributed by atoms with Gasteiger partial charge >= 0.3 is 0 Å². The first kappa shape index (κ1) is 15.8. The number of hydrogen-bond acceptors (Lipinski definition) is 5.